The van der Waals surface area contributed by atoms with Crippen LogP contribution in [0.2, 0.25) is 10.0 Å². The zero-order valence-electron chi connectivity index (χ0n) is 12.9. The van der Waals surface area contributed by atoms with Gasteiger partial charge in [0.05, 0.1) is 10.3 Å². The molecule has 10 heteroatoms. The third-order valence-electron chi connectivity index (χ3n) is 3.27. The van der Waals surface area contributed by atoms with Gasteiger partial charge in [-0.15, -0.1) is 10.2 Å². The molecule has 0 aliphatic carbocycles. The summed E-state index contributed by atoms with van der Waals surface area (Å²) in [6, 6.07) is 5.10. The zero-order chi connectivity index (χ0) is 17.3. The first kappa shape index (κ1) is 17.1. The fraction of sp³-hybridized carbons (Fsp3) is 0.286. The van der Waals surface area contributed by atoms with Crippen LogP contribution in [-0.4, -0.2) is 25.0 Å². The minimum absolute atomic E-state index is 0.113. The van der Waals surface area contributed by atoms with E-state index in [2.05, 4.69) is 20.3 Å². The number of halogens is 2. The molecule has 24 heavy (non-hydrogen) atoms. The van der Waals surface area contributed by atoms with Gasteiger partial charge in [-0.05, 0) is 25.1 Å². The standard InChI is InChI=1S/C14H14Cl2N6OS/c1-3-11-18-13(23-21-11)7(2)24-14-20-19-12(22(14)17)9-5-4-8(15)6-10(9)16/h4-7H,3,17H2,1-2H3. The van der Waals surface area contributed by atoms with Crippen LogP contribution in [0.4, 0.5) is 0 Å². The molecule has 1 unspecified atom stereocenters. The number of aryl methyl sites for hydroxylation is 1. The second-order valence-corrected chi connectivity index (χ2v) is 7.11. The normalized spacial score (nSPS) is 12.5. The van der Waals surface area contributed by atoms with Gasteiger partial charge in [-0.3, -0.25) is 0 Å². The quantitative estimate of drug-likeness (QED) is 0.528. The zero-order valence-corrected chi connectivity index (χ0v) is 15.2. The smallest absolute Gasteiger partial charge is 0.239 e. The number of nitrogens with two attached hydrogens (primary N) is 1. The van der Waals surface area contributed by atoms with Crippen molar-refractivity contribution in [3.63, 3.8) is 0 Å². The van der Waals surface area contributed by atoms with E-state index < -0.39 is 0 Å². The molecule has 0 spiro atoms. The molecule has 0 aliphatic rings. The lowest BCUT2D eigenvalue weighted by molar-refractivity contribution is 0.375. The van der Waals surface area contributed by atoms with Crippen molar-refractivity contribution < 1.29 is 4.52 Å². The van der Waals surface area contributed by atoms with Crippen LogP contribution in [0.5, 0.6) is 0 Å². The van der Waals surface area contributed by atoms with Gasteiger partial charge in [0.1, 0.15) is 0 Å². The number of hydrogen-bond acceptors (Lipinski definition) is 7. The van der Waals surface area contributed by atoms with E-state index in [1.165, 1.54) is 16.4 Å². The first-order valence-corrected chi connectivity index (χ1v) is 8.78. The summed E-state index contributed by atoms with van der Waals surface area (Å²) in [5.74, 6) is 7.75. The molecule has 2 aromatic heterocycles. The molecule has 1 atom stereocenters. The second-order valence-electron chi connectivity index (χ2n) is 4.96. The summed E-state index contributed by atoms with van der Waals surface area (Å²) in [6.07, 6.45) is 0.715. The highest BCUT2D eigenvalue weighted by Gasteiger charge is 2.21. The van der Waals surface area contributed by atoms with Gasteiger partial charge >= 0.3 is 0 Å². The van der Waals surface area contributed by atoms with Gasteiger partial charge in [0.15, 0.2) is 11.6 Å². The maximum absolute atomic E-state index is 6.20. The van der Waals surface area contributed by atoms with Crippen LogP contribution in [-0.2, 0) is 6.42 Å². The third kappa shape index (κ3) is 3.35. The molecular formula is C14H14Cl2N6OS. The number of aromatic nitrogens is 5. The lowest BCUT2D eigenvalue weighted by Gasteiger charge is -2.07. The number of rotatable bonds is 5. The van der Waals surface area contributed by atoms with Crippen LogP contribution in [0.15, 0.2) is 27.9 Å². The second kappa shape index (κ2) is 7.00. The summed E-state index contributed by atoms with van der Waals surface area (Å²) < 4.78 is 6.62. The van der Waals surface area contributed by atoms with Gasteiger partial charge < -0.3 is 10.4 Å². The monoisotopic (exact) mass is 384 g/mol. The molecule has 3 rings (SSSR count). The largest absolute Gasteiger partial charge is 0.338 e. The Morgan fingerprint density at radius 1 is 1.33 bits per heavy atom. The van der Waals surface area contributed by atoms with Crippen LogP contribution in [0, 0.1) is 0 Å². The highest BCUT2D eigenvalue weighted by molar-refractivity contribution is 7.99. The highest BCUT2D eigenvalue weighted by atomic mass is 35.5. The van der Waals surface area contributed by atoms with Crippen LogP contribution in [0.3, 0.4) is 0 Å². The molecule has 126 valence electrons. The van der Waals surface area contributed by atoms with Crippen molar-refractivity contribution in [3.8, 4) is 11.4 Å². The average Bonchev–Trinajstić information content (AvgIpc) is 3.16. The molecule has 0 amide bonds. The molecule has 7 nitrogen and oxygen atoms in total. The molecule has 0 saturated carbocycles. The molecule has 3 aromatic rings. The Morgan fingerprint density at radius 3 is 2.79 bits per heavy atom. The number of hydrogen-bond donors (Lipinski definition) is 1. The predicted molar refractivity (Wildman–Crippen MR) is 93.6 cm³/mol. The molecule has 0 aliphatic heterocycles. The van der Waals surface area contributed by atoms with Gasteiger partial charge in [-0.1, -0.05) is 47.0 Å². The van der Waals surface area contributed by atoms with Gasteiger partial charge in [0.25, 0.3) is 0 Å². The molecule has 0 saturated heterocycles. The Labute approximate surface area is 152 Å². The Hall–Kier alpha value is -1.77. The minimum Gasteiger partial charge on any atom is -0.338 e. The summed E-state index contributed by atoms with van der Waals surface area (Å²) in [4.78, 5) is 4.31. The van der Waals surface area contributed by atoms with E-state index in [1.807, 2.05) is 13.8 Å². The number of benzene rings is 1. The fourth-order valence-corrected chi connectivity index (χ4v) is 3.29. The van der Waals surface area contributed by atoms with Crippen molar-refractivity contribution in [2.24, 2.45) is 0 Å². The Balaban J connectivity index is 1.84. The molecule has 0 bridgehead atoms. The lowest BCUT2D eigenvalue weighted by Crippen LogP contribution is -2.12. The van der Waals surface area contributed by atoms with E-state index in [0.29, 0.717) is 44.7 Å². The van der Waals surface area contributed by atoms with Crippen molar-refractivity contribution in [2.75, 3.05) is 5.84 Å². The lowest BCUT2D eigenvalue weighted by atomic mass is 10.2. The van der Waals surface area contributed by atoms with Gasteiger partial charge in [-0.2, -0.15) is 4.98 Å². The van der Waals surface area contributed by atoms with Crippen LogP contribution < -0.4 is 5.84 Å². The SMILES string of the molecule is CCc1noc(C(C)Sc2nnc(-c3ccc(Cl)cc3Cl)n2N)n1. The van der Waals surface area contributed by atoms with Gasteiger partial charge in [0, 0.05) is 17.0 Å². The van der Waals surface area contributed by atoms with Crippen molar-refractivity contribution >= 4 is 35.0 Å². The molecule has 2 N–H and O–H groups in total. The number of nitrogen functional groups attached to an aromatic ring is 1. The summed E-state index contributed by atoms with van der Waals surface area (Å²) in [6.45, 7) is 3.90. The van der Waals surface area contributed by atoms with E-state index in [-0.39, 0.29) is 5.25 Å². The molecular weight excluding hydrogens is 371 g/mol. The first-order valence-electron chi connectivity index (χ1n) is 7.14. The molecule has 0 fully saturated rings. The Morgan fingerprint density at radius 2 is 2.12 bits per heavy atom. The Kier molecular flexibility index (Phi) is 4.98. The minimum atomic E-state index is -0.113. The third-order valence-corrected chi connectivity index (χ3v) is 4.86. The maximum Gasteiger partial charge on any atom is 0.239 e. The topological polar surface area (TPSA) is 95.7 Å². The fourth-order valence-electron chi connectivity index (χ4n) is 2.00. The predicted octanol–water partition coefficient (Wildman–Crippen LogP) is 3.76. The van der Waals surface area contributed by atoms with Crippen molar-refractivity contribution in [3.05, 3.63) is 40.0 Å². The van der Waals surface area contributed by atoms with E-state index in [0.717, 1.165) is 0 Å². The number of thioether (sulfide) groups is 1. The maximum atomic E-state index is 6.20. The van der Waals surface area contributed by atoms with Crippen LogP contribution in [0.1, 0.15) is 30.8 Å². The first-order chi connectivity index (χ1) is 11.5. The van der Waals surface area contributed by atoms with E-state index in [4.69, 9.17) is 33.6 Å². The van der Waals surface area contributed by atoms with Crippen LogP contribution in [0.25, 0.3) is 11.4 Å². The molecule has 2 heterocycles. The van der Waals surface area contributed by atoms with Gasteiger partial charge in [-0.25, -0.2) is 4.68 Å². The van der Waals surface area contributed by atoms with Gasteiger partial charge in [0.2, 0.25) is 11.0 Å². The summed E-state index contributed by atoms with van der Waals surface area (Å²) in [7, 11) is 0. The number of nitrogens with zero attached hydrogens (tertiary/aromatic N) is 5. The molecule has 0 radical (unpaired) electrons. The summed E-state index contributed by atoms with van der Waals surface area (Å²) >= 11 is 13.5. The van der Waals surface area contributed by atoms with E-state index >= 15 is 0 Å². The van der Waals surface area contributed by atoms with Crippen LogP contribution >= 0.6 is 35.0 Å². The Bertz CT molecular complexity index is 865. The van der Waals surface area contributed by atoms with E-state index in [1.54, 1.807) is 18.2 Å². The highest BCUT2D eigenvalue weighted by Crippen LogP contribution is 2.35. The van der Waals surface area contributed by atoms with Crippen molar-refractivity contribution in [1.29, 1.82) is 0 Å². The van der Waals surface area contributed by atoms with Crippen molar-refractivity contribution in [2.45, 2.75) is 30.7 Å². The molecule has 1 aromatic carbocycles. The summed E-state index contributed by atoms with van der Waals surface area (Å²) in [5, 5.41) is 13.5. The summed E-state index contributed by atoms with van der Waals surface area (Å²) in [5.41, 5.74) is 0.654. The average molecular weight is 385 g/mol. The van der Waals surface area contributed by atoms with E-state index in [9.17, 15) is 0 Å². The van der Waals surface area contributed by atoms with Crippen molar-refractivity contribution in [1.82, 2.24) is 25.0 Å².